The maximum absolute atomic E-state index is 11.4. The van der Waals surface area contributed by atoms with E-state index in [-0.39, 0.29) is 5.56 Å². The average molecular weight is 267 g/mol. The van der Waals surface area contributed by atoms with E-state index in [1.54, 1.807) is 24.4 Å². The molecule has 0 fully saturated rings. The van der Waals surface area contributed by atoms with Gasteiger partial charge in [0.2, 0.25) is 0 Å². The number of aromatic nitrogens is 1. The monoisotopic (exact) mass is 266 g/mol. The topological polar surface area (TPSA) is 76.0 Å². The van der Waals surface area contributed by atoms with E-state index in [9.17, 15) is 9.59 Å². The number of H-pyrrole nitrogens is 1. The highest BCUT2D eigenvalue weighted by Crippen LogP contribution is 2.19. The van der Waals surface area contributed by atoms with Crippen LogP contribution in [0, 0.1) is 0 Å². The molecule has 0 saturated heterocycles. The number of hydrogen-bond donors (Lipinski definition) is 2. The van der Waals surface area contributed by atoms with E-state index >= 15 is 0 Å². The van der Waals surface area contributed by atoms with Gasteiger partial charge in [0.25, 0.3) is 11.5 Å². The summed E-state index contributed by atoms with van der Waals surface area (Å²) in [5.74, 6) is -0.718. The van der Waals surface area contributed by atoms with Crippen LogP contribution in [0.15, 0.2) is 33.7 Å². The number of carbonyl (C=O) groups is 1. The van der Waals surface area contributed by atoms with Crippen molar-refractivity contribution >= 4 is 32.6 Å². The molecule has 5 heteroatoms. The smallest absolute Gasteiger partial charge is 0.261 e. The summed E-state index contributed by atoms with van der Waals surface area (Å²) in [5.41, 5.74) is 4.69. The summed E-state index contributed by atoms with van der Waals surface area (Å²) in [6.45, 7) is 0. The SMILES string of the molecule is NC(=O)c1c(=O)[nH]cc2cc(Br)ccc12. The van der Waals surface area contributed by atoms with E-state index in [2.05, 4.69) is 20.9 Å². The first-order valence-corrected chi connectivity index (χ1v) is 4.99. The first-order valence-electron chi connectivity index (χ1n) is 4.20. The Bertz CT molecular complexity index is 604. The third kappa shape index (κ3) is 1.66. The predicted octanol–water partition coefficient (Wildman–Crippen LogP) is 1.39. The van der Waals surface area contributed by atoms with E-state index in [0.29, 0.717) is 5.39 Å². The number of primary amides is 1. The summed E-state index contributed by atoms with van der Waals surface area (Å²) in [6, 6.07) is 5.25. The summed E-state index contributed by atoms with van der Waals surface area (Å²) in [6.07, 6.45) is 1.55. The summed E-state index contributed by atoms with van der Waals surface area (Å²) in [4.78, 5) is 25.0. The van der Waals surface area contributed by atoms with E-state index < -0.39 is 11.5 Å². The summed E-state index contributed by atoms with van der Waals surface area (Å²) in [5, 5.41) is 1.33. The average Bonchev–Trinajstić information content (AvgIpc) is 2.17. The Balaban J connectivity index is 2.94. The van der Waals surface area contributed by atoms with Gasteiger partial charge in [0.1, 0.15) is 5.56 Å². The van der Waals surface area contributed by atoms with Crippen molar-refractivity contribution in [3.8, 4) is 0 Å². The number of carbonyl (C=O) groups excluding carboxylic acids is 1. The molecule has 1 heterocycles. The van der Waals surface area contributed by atoms with Crippen molar-refractivity contribution in [1.82, 2.24) is 4.98 Å². The number of nitrogens with two attached hydrogens (primary N) is 1. The van der Waals surface area contributed by atoms with Crippen LogP contribution in [0.5, 0.6) is 0 Å². The molecule has 1 aromatic carbocycles. The van der Waals surface area contributed by atoms with Gasteiger partial charge in [-0.25, -0.2) is 0 Å². The van der Waals surface area contributed by atoms with Crippen molar-refractivity contribution in [2.75, 3.05) is 0 Å². The van der Waals surface area contributed by atoms with E-state index in [1.165, 1.54) is 0 Å². The molecule has 0 radical (unpaired) electrons. The van der Waals surface area contributed by atoms with Crippen LogP contribution in [-0.2, 0) is 0 Å². The lowest BCUT2D eigenvalue weighted by Crippen LogP contribution is -2.23. The summed E-state index contributed by atoms with van der Waals surface area (Å²) >= 11 is 3.30. The van der Waals surface area contributed by atoms with Crippen molar-refractivity contribution < 1.29 is 4.79 Å². The van der Waals surface area contributed by atoms with Crippen molar-refractivity contribution in [3.05, 3.63) is 44.8 Å². The molecule has 1 amide bonds. The van der Waals surface area contributed by atoms with Crippen molar-refractivity contribution in [2.45, 2.75) is 0 Å². The molecule has 4 nitrogen and oxygen atoms in total. The third-order valence-corrected chi connectivity index (χ3v) is 2.61. The zero-order chi connectivity index (χ0) is 11.0. The normalized spacial score (nSPS) is 10.5. The maximum atomic E-state index is 11.4. The first kappa shape index (κ1) is 9.92. The highest BCUT2D eigenvalue weighted by atomic mass is 79.9. The molecule has 0 aliphatic heterocycles. The zero-order valence-corrected chi connectivity index (χ0v) is 9.17. The number of nitrogens with one attached hydrogen (secondary N) is 1. The van der Waals surface area contributed by atoms with Gasteiger partial charge in [-0.05, 0) is 17.5 Å². The second kappa shape index (κ2) is 3.51. The number of fused-ring (bicyclic) bond motifs is 1. The van der Waals surface area contributed by atoms with Gasteiger partial charge in [0, 0.05) is 16.1 Å². The van der Waals surface area contributed by atoms with Crippen molar-refractivity contribution in [1.29, 1.82) is 0 Å². The van der Waals surface area contributed by atoms with Gasteiger partial charge in [0.15, 0.2) is 0 Å². The molecule has 76 valence electrons. The van der Waals surface area contributed by atoms with Gasteiger partial charge in [-0.2, -0.15) is 0 Å². The van der Waals surface area contributed by atoms with Crippen LogP contribution in [0.4, 0.5) is 0 Å². The number of amides is 1. The lowest BCUT2D eigenvalue weighted by molar-refractivity contribution is 0.100. The minimum Gasteiger partial charge on any atom is -0.365 e. The Hall–Kier alpha value is -1.62. The van der Waals surface area contributed by atoms with E-state index in [4.69, 9.17) is 5.73 Å². The van der Waals surface area contributed by atoms with Crippen molar-refractivity contribution in [3.63, 3.8) is 0 Å². The Morgan fingerprint density at radius 1 is 1.40 bits per heavy atom. The fourth-order valence-corrected chi connectivity index (χ4v) is 1.84. The van der Waals surface area contributed by atoms with Crippen LogP contribution in [0.2, 0.25) is 0 Å². The molecule has 1 aromatic heterocycles. The number of halogens is 1. The van der Waals surface area contributed by atoms with Gasteiger partial charge in [-0.1, -0.05) is 22.0 Å². The van der Waals surface area contributed by atoms with Crippen LogP contribution in [0.1, 0.15) is 10.4 Å². The molecule has 0 unspecified atom stereocenters. The molecule has 0 aliphatic rings. The standard InChI is InChI=1S/C10H7BrN2O2/c11-6-1-2-7-5(3-6)4-13-10(15)8(7)9(12)14/h1-4H,(H2,12,14)(H,13,15). The van der Waals surface area contributed by atoms with Gasteiger partial charge in [-0.3, -0.25) is 9.59 Å². The predicted molar refractivity (Wildman–Crippen MR) is 60.8 cm³/mol. The largest absolute Gasteiger partial charge is 0.365 e. The van der Waals surface area contributed by atoms with Crippen LogP contribution in [0.25, 0.3) is 10.8 Å². The number of rotatable bonds is 1. The van der Waals surface area contributed by atoms with Crippen molar-refractivity contribution in [2.24, 2.45) is 5.73 Å². The van der Waals surface area contributed by atoms with E-state index in [1.807, 2.05) is 0 Å². The Labute approximate surface area is 93.2 Å². The zero-order valence-electron chi connectivity index (χ0n) is 7.58. The summed E-state index contributed by atoms with van der Waals surface area (Å²) in [7, 11) is 0. The molecule has 0 aliphatic carbocycles. The molecule has 2 rings (SSSR count). The highest BCUT2D eigenvalue weighted by Gasteiger charge is 2.11. The Kier molecular flexibility index (Phi) is 2.32. The number of hydrogen-bond acceptors (Lipinski definition) is 2. The molecule has 0 saturated carbocycles. The fourth-order valence-electron chi connectivity index (χ4n) is 1.46. The van der Waals surface area contributed by atoms with Gasteiger partial charge in [0.05, 0.1) is 0 Å². The second-order valence-corrected chi connectivity index (χ2v) is 4.00. The molecule has 0 bridgehead atoms. The molecule has 15 heavy (non-hydrogen) atoms. The Morgan fingerprint density at radius 3 is 2.80 bits per heavy atom. The molecule has 0 spiro atoms. The quantitative estimate of drug-likeness (QED) is 0.819. The lowest BCUT2D eigenvalue weighted by Gasteiger charge is -2.02. The minimum absolute atomic E-state index is 0.000000000000000444. The van der Waals surface area contributed by atoms with Crippen LogP contribution in [0.3, 0.4) is 0 Å². The number of pyridine rings is 1. The second-order valence-electron chi connectivity index (χ2n) is 3.09. The Morgan fingerprint density at radius 2 is 2.13 bits per heavy atom. The number of benzene rings is 1. The highest BCUT2D eigenvalue weighted by molar-refractivity contribution is 9.10. The van der Waals surface area contributed by atoms with Gasteiger partial charge >= 0.3 is 0 Å². The molecular formula is C10H7BrN2O2. The molecule has 3 N–H and O–H groups in total. The number of aromatic amines is 1. The molecular weight excluding hydrogens is 260 g/mol. The molecule has 0 atom stereocenters. The molecule has 2 aromatic rings. The van der Waals surface area contributed by atoms with Crippen LogP contribution >= 0.6 is 15.9 Å². The van der Waals surface area contributed by atoms with Crippen LogP contribution < -0.4 is 11.3 Å². The fraction of sp³-hybridized carbons (Fsp3) is 0. The van der Waals surface area contributed by atoms with Gasteiger partial charge < -0.3 is 10.7 Å². The van der Waals surface area contributed by atoms with E-state index in [0.717, 1.165) is 9.86 Å². The van der Waals surface area contributed by atoms with Crippen LogP contribution in [-0.4, -0.2) is 10.9 Å². The first-order chi connectivity index (χ1) is 7.09. The van der Waals surface area contributed by atoms with Gasteiger partial charge in [-0.15, -0.1) is 0 Å². The minimum atomic E-state index is -0.718. The lowest BCUT2D eigenvalue weighted by atomic mass is 10.1. The third-order valence-electron chi connectivity index (χ3n) is 2.12. The maximum Gasteiger partial charge on any atom is 0.261 e. The summed E-state index contributed by atoms with van der Waals surface area (Å²) < 4.78 is 0.873.